The molecule has 0 radical (unpaired) electrons. The van der Waals surface area contributed by atoms with Crippen molar-refractivity contribution in [3.05, 3.63) is 42.0 Å². The Labute approximate surface area is 154 Å². The van der Waals surface area contributed by atoms with E-state index in [2.05, 4.69) is 11.4 Å². The quantitative estimate of drug-likeness (QED) is 0.852. The maximum atomic E-state index is 9.69. The molecule has 2 aromatic rings. The van der Waals surface area contributed by atoms with Crippen molar-refractivity contribution in [1.29, 1.82) is 5.26 Å². The van der Waals surface area contributed by atoms with Gasteiger partial charge in [-0.3, -0.25) is 0 Å². The van der Waals surface area contributed by atoms with Gasteiger partial charge >= 0.3 is 0 Å². The van der Waals surface area contributed by atoms with E-state index in [1.807, 2.05) is 36.4 Å². The molecule has 0 aromatic heterocycles. The summed E-state index contributed by atoms with van der Waals surface area (Å²) >= 11 is 0. The van der Waals surface area contributed by atoms with Gasteiger partial charge in [-0.2, -0.15) is 5.26 Å². The Morgan fingerprint density at radius 3 is 2.50 bits per heavy atom. The average molecular weight is 352 g/mol. The molecule has 0 saturated heterocycles. The number of hydrogen-bond donors (Lipinski definition) is 2. The van der Waals surface area contributed by atoms with Gasteiger partial charge in [0.1, 0.15) is 6.07 Å². The fourth-order valence-electron chi connectivity index (χ4n) is 3.48. The van der Waals surface area contributed by atoms with Gasteiger partial charge in [-0.1, -0.05) is 18.2 Å². The highest BCUT2D eigenvalue weighted by Gasteiger charge is 2.20. The number of para-hydroxylation sites is 1. The van der Waals surface area contributed by atoms with Crippen LogP contribution in [0.4, 0.5) is 5.69 Å². The van der Waals surface area contributed by atoms with Crippen LogP contribution in [0.1, 0.15) is 31.2 Å². The monoisotopic (exact) mass is 352 g/mol. The van der Waals surface area contributed by atoms with Crippen LogP contribution in [0.15, 0.2) is 36.4 Å². The Morgan fingerprint density at radius 1 is 1.08 bits per heavy atom. The first-order valence-corrected chi connectivity index (χ1v) is 8.86. The molecule has 0 atom stereocenters. The van der Waals surface area contributed by atoms with Gasteiger partial charge in [0.15, 0.2) is 11.5 Å². The molecule has 3 rings (SSSR count). The predicted molar refractivity (Wildman–Crippen MR) is 102 cm³/mol. The number of ether oxygens (including phenoxy) is 2. The van der Waals surface area contributed by atoms with E-state index in [4.69, 9.17) is 9.47 Å². The van der Waals surface area contributed by atoms with E-state index >= 15 is 0 Å². The summed E-state index contributed by atoms with van der Waals surface area (Å²) in [5.74, 6) is 1.34. The Kier molecular flexibility index (Phi) is 5.65. The van der Waals surface area contributed by atoms with E-state index in [1.165, 1.54) is 0 Å². The second-order valence-electron chi connectivity index (χ2n) is 6.56. The molecular formula is C21H24N2O3. The molecular weight excluding hydrogens is 328 g/mol. The van der Waals surface area contributed by atoms with Crippen LogP contribution in [0.3, 0.4) is 0 Å². The zero-order valence-corrected chi connectivity index (χ0v) is 15.2. The molecule has 0 bridgehead atoms. The van der Waals surface area contributed by atoms with Crippen molar-refractivity contribution in [2.24, 2.45) is 0 Å². The number of aliphatic hydroxyl groups is 1. The summed E-state index contributed by atoms with van der Waals surface area (Å²) in [6, 6.07) is 14.0. The second-order valence-corrected chi connectivity index (χ2v) is 6.56. The van der Waals surface area contributed by atoms with Gasteiger partial charge in [-0.05, 0) is 49.4 Å². The zero-order chi connectivity index (χ0) is 18.5. The molecule has 0 unspecified atom stereocenters. The average Bonchev–Trinajstić information content (AvgIpc) is 2.69. The summed E-state index contributed by atoms with van der Waals surface area (Å²) in [5.41, 5.74) is 3.30. The largest absolute Gasteiger partial charge is 0.493 e. The highest BCUT2D eigenvalue weighted by molar-refractivity contribution is 5.78. The number of nitrogens with one attached hydrogen (secondary N) is 1. The SMILES string of the molecule is COc1cccc(-c2ccc(C#N)c(NC3CCC(O)CC3)c2)c1OC. The summed E-state index contributed by atoms with van der Waals surface area (Å²) in [7, 11) is 3.24. The maximum absolute atomic E-state index is 9.69. The molecule has 2 aromatic carbocycles. The lowest BCUT2D eigenvalue weighted by atomic mass is 9.92. The normalized spacial score (nSPS) is 19.5. The van der Waals surface area contributed by atoms with Gasteiger partial charge in [0.2, 0.25) is 0 Å². The minimum Gasteiger partial charge on any atom is -0.493 e. The summed E-state index contributed by atoms with van der Waals surface area (Å²) in [4.78, 5) is 0. The van der Waals surface area contributed by atoms with Crippen LogP contribution < -0.4 is 14.8 Å². The summed E-state index contributed by atoms with van der Waals surface area (Å²) in [5, 5.41) is 22.6. The Bertz CT molecular complexity index is 805. The number of aliphatic hydroxyl groups excluding tert-OH is 1. The van der Waals surface area contributed by atoms with Crippen molar-refractivity contribution in [1.82, 2.24) is 0 Å². The van der Waals surface area contributed by atoms with Crippen LogP contribution in [0.25, 0.3) is 11.1 Å². The van der Waals surface area contributed by atoms with Gasteiger partial charge in [0, 0.05) is 11.6 Å². The van der Waals surface area contributed by atoms with Gasteiger partial charge in [-0.25, -0.2) is 0 Å². The fraction of sp³-hybridized carbons (Fsp3) is 0.381. The molecule has 5 heteroatoms. The number of nitriles is 1. The van der Waals surface area contributed by atoms with Crippen molar-refractivity contribution in [3.63, 3.8) is 0 Å². The van der Waals surface area contributed by atoms with E-state index in [1.54, 1.807) is 14.2 Å². The van der Waals surface area contributed by atoms with Gasteiger partial charge < -0.3 is 19.9 Å². The number of nitrogens with zero attached hydrogens (tertiary/aromatic N) is 1. The third kappa shape index (κ3) is 3.76. The molecule has 1 aliphatic carbocycles. The molecule has 0 aliphatic heterocycles. The van der Waals surface area contributed by atoms with E-state index < -0.39 is 0 Å². The van der Waals surface area contributed by atoms with Crippen molar-refractivity contribution in [3.8, 4) is 28.7 Å². The highest BCUT2D eigenvalue weighted by Crippen LogP contribution is 2.39. The van der Waals surface area contributed by atoms with Crippen molar-refractivity contribution >= 4 is 5.69 Å². The smallest absolute Gasteiger partial charge is 0.168 e. The molecule has 1 fully saturated rings. The summed E-state index contributed by atoms with van der Waals surface area (Å²) in [6.45, 7) is 0. The lowest BCUT2D eigenvalue weighted by Crippen LogP contribution is -2.28. The number of benzene rings is 2. The molecule has 0 spiro atoms. The number of methoxy groups -OCH3 is 2. The first kappa shape index (κ1) is 18.1. The van der Waals surface area contributed by atoms with E-state index in [0.717, 1.165) is 42.5 Å². The predicted octanol–water partition coefficient (Wildman–Crippen LogP) is 3.96. The molecule has 1 aliphatic rings. The molecule has 0 amide bonds. The van der Waals surface area contributed by atoms with Crippen LogP contribution in [0, 0.1) is 11.3 Å². The third-order valence-electron chi connectivity index (χ3n) is 4.91. The van der Waals surface area contributed by atoms with Crippen molar-refractivity contribution < 1.29 is 14.6 Å². The Hall–Kier alpha value is -2.71. The number of anilines is 1. The Balaban J connectivity index is 1.94. The third-order valence-corrected chi connectivity index (χ3v) is 4.91. The second kappa shape index (κ2) is 8.11. The van der Waals surface area contributed by atoms with Gasteiger partial charge in [-0.15, -0.1) is 0 Å². The fourth-order valence-corrected chi connectivity index (χ4v) is 3.48. The summed E-state index contributed by atoms with van der Waals surface area (Å²) < 4.78 is 10.9. The van der Waals surface area contributed by atoms with Gasteiger partial charge in [0.05, 0.1) is 31.6 Å². The number of rotatable bonds is 5. The van der Waals surface area contributed by atoms with Crippen LogP contribution in [-0.2, 0) is 0 Å². The van der Waals surface area contributed by atoms with Crippen molar-refractivity contribution in [2.45, 2.75) is 37.8 Å². The number of hydrogen-bond acceptors (Lipinski definition) is 5. The minimum absolute atomic E-state index is 0.198. The molecule has 26 heavy (non-hydrogen) atoms. The first-order chi connectivity index (χ1) is 12.7. The molecule has 2 N–H and O–H groups in total. The molecule has 1 saturated carbocycles. The molecule has 5 nitrogen and oxygen atoms in total. The maximum Gasteiger partial charge on any atom is 0.168 e. The van der Waals surface area contributed by atoms with Crippen LogP contribution in [0.2, 0.25) is 0 Å². The standard InChI is InChI=1S/C21H24N2O3/c1-25-20-5-3-4-18(21(20)26-2)14-6-7-15(13-22)19(12-14)23-16-8-10-17(24)11-9-16/h3-7,12,16-17,23-24H,8-11H2,1-2H3. The van der Waals surface area contributed by atoms with E-state index in [0.29, 0.717) is 17.1 Å². The first-order valence-electron chi connectivity index (χ1n) is 8.86. The van der Waals surface area contributed by atoms with Crippen LogP contribution in [-0.4, -0.2) is 31.5 Å². The molecule has 0 heterocycles. The minimum atomic E-state index is -0.198. The van der Waals surface area contributed by atoms with E-state index in [-0.39, 0.29) is 12.1 Å². The van der Waals surface area contributed by atoms with Crippen LogP contribution in [0.5, 0.6) is 11.5 Å². The Morgan fingerprint density at radius 2 is 1.85 bits per heavy atom. The van der Waals surface area contributed by atoms with Crippen molar-refractivity contribution in [2.75, 3.05) is 19.5 Å². The van der Waals surface area contributed by atoms with Crippen LogP contribution >= 0.6 is 0 Å². The topological polar surface area (TPSA) is 74.5 Å². The molecule has 136 valence electrons. The lowest BCUT2D eigenvalue weighted by molar-refractivity contribution is 0.126. The highest BCUT2D eigenvalue weighted by atomic mass is 16.5. The lowest BCUT2D eigenvalue weighted by Gasteiger charge is -2.27. The van der Waals surface area contributed by atoms with E-state index in [9.17, 15) is 10.4 Å². The summed E-state index contributed by atoms with van der Waals surface area (Å²) in [6.07, 6.45) is 3.19. The zero-order valence-electron chi connectivity index (χ0n) is 15.2. The van der Waals surface area contributed by atoms with Gasteiger partial charge in [0.25, 0.3) is 0 Å².